The molecule has 1 rings (SSSR count). The molecule has 0 aliphatic heterocycles. The summed E-state index contributed by atoms with van der Waals surface area (Å²) in [7, 11) is 0. The smallest absolute Gasteiger partial charge is 0.208 e. The van der Waals surface area contributed by atoms with Gasteiger partial charge in [0, 0.05) is 0 Å². The molecule has 0 nitrogen and oxygen atoms in total. The van der Waals surface area contributed by atoms with Gasteiger partial charge in [-0.2, -0.15) is 26.3 Å². The van der Waals surface area contributed by atoms with Crippen molar-refractivity contribution in [1.82, 2.24) is 0 Å². The van der Waals surface area contributed by atoms with E-state index in [4.69, 9.17) is 0 Å². The highest BCUT2D eigenvalue weighted by molar-refractivity contribution is 5.24. The van der Waals surface area contributed by atoms with Crippen LogP contribution in [0.2, 0.25) is 0 Å². The molecule has 0 aromatic heterocycles. The van der Waals surface area contributed by atoms with Crippen LogP contribution in [0.3, 0.4) is 0 Å². The summed E-state index contributed by atoms with van der Waals surface area (Å²) >= 11 is 0. The third kappa shape index (κ3) is 1.12. The summed E-state index contributed by atoms with van der Waals surface area (Å²) in [6, 6.07) is 0. The van der Waals surface area contributed by atoms with E-state index in [0.29, 0.717) is 0 Å². The predicted octanol–water partition coefficient (Wildman–Crippen LogP) is 3.45. The first-order chi connectivity index (χ1) is 6.04. The van der Waals surface area contributed by atoms with Gasteiger partial charge < -0.3 is 0 Å². The van der Waals surface area contributed by atoms with E-state index in [-0.39, 0.29) is 0 Å². The second-order valence-corrected chi connectivity index (χ2v) is 2.75. The highest BCUT2D eigenvalue weighted by Crippen LogP contribution is 2.56. The summed E-state index contributed by atoms with van der Waals surface area (Å²) in [5.41, 5.74) is 0. The van der Waals surface area contributed by atoms with Crippen molar-refractivity contribution in [2.75, 3.05) is 0 Å². The van der Waals surface area contributed by atoms with Crippen molar-refractivity contribution in [1.29, 1.82) is 0 Å². The summed E-state index contributed by atoms with van der Waals surface area (Å²) in [5, 5.41) is 0. The highest BCUT2D eigenvalue weighted by atomic mass is 19.3. The molecular formula is C6H2F8. The van der Waals surface area contributed by atoms with Gasteiger partial charge in [-0.1, -0.05) is 0 Å². The van der Waals surface area contributed by atoms with Crippen LogP contribution in [0.5, 0.6) is 0 Å². The largest absolute Gasteiger partial charge is 0.379 e. The third-order valence-electron chi connectivity index (χ3n) is 1.74. The summed E-state index contributed by atoms with van der Waals surface area (Å²) < 4.78 is 97.6. The minimum atomic E-state index is -5.92. The molecule has 1 aliphatic carbocycles. The van der Waals surface area contributed by atoms with Crippen molar-refractivity contribution in [2.45, 2.75) is 24.2 Å². The minimum Gasteiger partial charge on any atom is -0.208 e. The molecule has 14 heavy (non-hydrogen) atoms. The van der Waals surface area contributed by atoms with Gasteiger partial charge >= 0.3 is 17.8 Å². The van der Waals surface area contributed by atoms with E-state index in [0.717, 1.165) is 0 Å². The Hall–Kier alpha value is -0.820. The zero-order chi connectivity index (χ0) is 11.4. The van der Waals surface area contributed by atoms with Gasteiger partial charge in [0.15, 0.2) is 0 Å². The molecule has 0 saturated heterocycles. The van der Waals surface area contributed by atoms with Gasteiger partial charge in [0.25, 0.3) is 0 Å². The normalized spacial score (nSPS) is 29.1. The number of allylic oxidation sites excluding steroid dienone is 2. The van der Waals surface area contributed by atoms with Crippen LogP contribution in [-0.4, -0.2) is 17.8 Å². The predicted molar refractivity (Wildman–Crippen MR) is 28.7 cm³/mol. The first-order valence-corrected chi connectivity index (χ1v) is 3.22. The Morgan fingerprint density at radius 1 is 0.857 bits per heavy atom. The minimum absolute atomic E-state index is 2.36. The molecule has 0 aromatic carbocycles. The van der Waals surface area contributed by atoms with Crippen LogP contribution >= 0.6 is 0 Å². The van der Waals surface area contributed by atoms with E-state index in [9.17, 15) is 35.1 Å². The second kappa shape index (κ2) is 2.60. The average Bonchev–Trinajstić information content (AvgIpc) is 1.99. The second-order valence-electron chi connectivity index (χ2n) is 2.75. The maximum absolute atomic E-state index is 12.2. The lowest BCUT2D eigenvalue weighted by molar-refractivity contribution is -0.309. The summed E-state index contributed by atoms with van der Waals surface area (Å²) in [6.07, 6.45) is -2.36. The Balaban J connectivity index is 3.36. The topological polar surface area (TPSA) is 0 Å². The zero-order valence-electron chi connectivity index (χ0n) is 6.23. The van der Waals surface area contributed by atoms with Gasteiger partial charge in [0.2, 0.25) is 5.83 Å². The van der Waals surface area contributed by atoms with Crippen LogP contribution in [0.25, 0.3) is 0 Å². The van der Waals surface area contributed by atoms with Crippen LogP contribution in [-0.2, 0) is 0 Å². The van der Waals surface area contributed by atoms with Gasteiger partial charge in [-0.25, -0.2) is 8.78 Å². The maximum atomic E-state index is 12.2. The molecule has 0 fully saturated rings. The first-order valence-electron chi connectivity index (χ1n) is 3.22. The van der Waals surface area contributed by atoms with Crippen molar-refractivity contribution in [3.63, 3.8) is 0 Å². The SMILES string of the molecule is FC1=C(F)C(F)(F)C(F)(F)C(F)(F)C1. The molecule has 1 aliphatic rings. The highest BCUT2D eigenvalue weighted by Gasteiger charge is 2.76. The molecule has 0 radical (unpaired) electrons. The maximum Gasteiger partial charge on any atom is 0.379 e. The number of hydrogen-bond acceptors (Lipinski definition) is 0. The molecule has 0 saturated carbocycles. The Morgan fingerprint density at radius 2 is 1.29 bits per heavy atom. The molecule has 0 atom stereocenters. The summed E-state index contributed by atoms with van der Waals surface area (Å²) in [4.78, 5) is 0. The number of halogens is 8. The average molecular weight is 226 g/mol. The molecular weight excluding hydrogens is 224 g/mol. The quantitative estimate of drug-likeness (QED) is 0.555. The number of hydrogen-bond donors (Lipinski definition) is 0. The van der Waals surface area contributed by atoms with Gasteiger partial charge in [0.05, 0.1) is 6.42 Å². The van der Waals surface area contributed by atoms with E-state index in [1.165, 1.54) is 0 Å². The number of rotatable bonds is 0. The van der Waals surface area contributed by atoms with E-state index in [1.54, 1.807) is 0 Å². The molecule has 0 spiro atoms. The molecule has 82 valence electrons. The van der Waals surface area contributed by atoms with Gasteiger partial charge in [0.1, 0.15) is 5.83 Å². The third-order valence-corrected chi connectivity index (χ3v) is 1.74. The Kier molecular flexibility index (Phi) is 2.09. The zero-order valence-corrected chi connectivity index (χ0v) is 6.23. The van der Waals surface area contributed by atoms with Gasteiger partial charge in [-0.3, -0.25) is 0 Å². The van der Waals surface area contributed by atoms with E-state index >= 15 is 0 Å². The monoisotopic (exact) mass is 226 g/mol. The van der Waals surface area contributed by atoms with Crippen LogP contribution < -0.4 is 0 Å². The van der Waals surface area contributed by atoms with Crippen LogP contribution in [0.1, 0.15) is 6.42 Å². The molecule has 8 heteroatoms. The fraction of sp³-hybridized carbons (Fsp3) is 0.667. The van der Waals surface area contributed by atoms with Crippen molar-refractivity contribution in [3.05, 3.63) is 11.7 Å². The fourth-order valence-corrected chi connectivity index (χ4v) is 0.921. The Labute approximate surface area is 72.2 Å². The van der Waals surface area contributed by atoms with Gasteiger partial charge in [-0.15, -0.1) is 0 Å². The first kappa shape index (κ1) is 11.3. The fourth-order valence-electron chi connectivity index (χ4n) is 0.921. The molecule has 0 amide bonds. The molecule has 0 aromatic rings. The van der Waals surface area contributed by atoms with Crippen molar-refractivity contribution < 1.29 is 35.1 Å². The Bertz CT molecular complexity index is 288. The van der Waals surface area contributed by atoms with Crippen molar-refractivity contribution in [3.8, 4) is 0 Å². The molecule has 0 bridgehead atoms. The lowest BCUT2D eigenvalue weighted by atomic mass is 9.93. The van der Waals surface area contributed by atoms with E-state index in [2.05, 4.69) is 0 Å². The lowest BCUT2D eigenvalue weighted by Gasteiger charge is -2.35. The Morgan fingerprint density at radius 3 is 1.71 bits per heavy atom. The van der Waals surface area contributed by atoms with Gasteiger partial charge in [-0.05, 0) is 0 Å². The van der Waals surface area contributed by atoms with Crippen molar-refractivity contribution >= 4 is 0 Å². The van der Waals surface area contributed by atoms with E-state index < -0.39 is 35.8 Å². The summed E-state index contributed by atoms with van der Waals surface area (Å²) in [5.74, 6) is -22.7. The van der Waals surface area contributed by atoms with Crippen LogP contribution in [0.4, 0.5) is 35.1 Å². The van der Waals surface area contributed by atoms with Crippen molar-refractivity contribution in [2.24, 2.45) is 0 Å². The van der Waals surface area contributed by atoms with E-state index in [1.807, 2.05) is 0 Å². The molecule has 0 heterocycles. The number of alkyl halides is 6. The summed E-state index contributed by atoms with van der Waals surface area (Å²) in [6.45, 7) is 0. The molecule has 0 unspecified atom stereocenters. The molecule has 0 N–H and O–H groups in total. The lowest BCUT2D eigenvalue weighted by Crippen LogP contribution is -2.57. The van der Waals surface area contributed by atoms with Crippen LogP contribution in [0.15, 0.2) is 11.7 Å². The standard InChI is InChI=1S/C6H2F8/c7-2-1-4(9,10)6(13,14)5(11,12)3(2)8/h1H2. The van der Waals surface area contributed by atoms with Crippen LogP contribution in [0, 0.1) is 0 Å².